The molecule has 1 heterocycles. The van der Waals surface area contributed by atoms with Gasteiger partial charge < -0.3 is 4.74 Å². The van der Waals surface area contributed by atoms with E-state index in [0.717, 1.165) is 27.6 Å². The Morgan fingerprint density at radius 1 is 0.933 bits per heavy atom. The summed E-state index contributed by atoms with van der Waals surface area (Å²) in [5, 5.41) is 16.6. The van der Waals surface area contributed by atoms with Gasteiger partial charge in [-0.2, -0.15) is 14.9 Å². The molecular formula is C24H18N4OS. The summed E-state index contributed by atoms with van der Waals surface area (Å²) in [6.45, 7) is 0. The highest BCUT2D eigenvalue weighted by Crippen LogP contribution is 2.28. The van der Waals surface area contributed by atoms with Crippen LogP contribution in [0, 0.1) is 4.77 Å². The van der Waals surface area contributed by atoms with Crippen LogP contribution in [0.3, 0.4) is 0 Å². The molecule has 0 atom stereocenters. The molecule has 0 unspecified atom stereocenters. The minimum Gasteiger partial charge on any atom is -0.497 e. The van der Waals surface area contributed by atoms with E-state index in [2.05, 4.69) is 40.5 Å². The van der Waals surface area contributed by atoms with Gasteiger partial charge in [0.1, 0.15) is 5.75 Å². The van der Waals surface area contributed by atoms with Crippen molar-refractivity contribution in [2.45, 2.75) is 0 Å². The Bertz CT molecular complexity index is 1410. The van der Waals surface area contributed by atoms with Gasteiger partial charge in [0.25, 0.3) is 0 Å². The smallest absolute Gasteiger partial charge is 0.216 e. The first-order valence-electron chi connectivity index (χ1n) is 9.51. The van der Waals surface area contributed by atoms with Crippen LogP contribution in [0.5, 0.6) is 5.75 Å². The zero-order valence-corrected chi connectivity index (χ0v) is 17.1. The van der Waals surface area contributed by atoms with Crippen molar-refractivity contribution in [3.05, 3.63) is 89.2 Å². The van der Waals surface area contributed by atoms with Crippen molar-refractivity contribution in [1.82, 2.24) is 14.9 Å². The molecular weight excluding hydrogens is 392 g/mol. The first-order valence-corrected chi connectivity index (χ1v) is 9.92. The van der Waals surface area contributed by atoms with E-state index >= 15 is 0 Å². The molecule has 0 spiro atoms. The molecule has 1 N–H and O–H groups in total. The minimum atomic E-state index is 0.425. The van der Waals surface area contributed by atoms with Crippen LogP contribution in [0.15, 0.2) is 84.0 Å². The summed E-state index contributed by atoms with van der Waals surface area (Å²) in [5.74, 6) is 1.37. The number of nitrogens with zero attached hydrogens (tertiary/aromatic N) is 3. The number of rotatable bonds is 4. The van der Waals surface area contributed by atoms with Crippen molar-refractivity contribution in [1.29, 1.82) is 0 Å². The molecule has 6 heteroatoms. The van der Waals surface area contributed by atoms with Gasteiger partial charge in [0, 0.05) is 11.1 Å². The van der Waals surface area contributed by atoms with Crippen molar-refractivity contribution < 1.29 is 4.74 Å². The van der Waals surface area contributed by atoms with Crippen LogP contribution in [0.2, 0.25) is 0 Å². The number of aromatic nitrogens is 3. The van der Waals surface area contributed by atoms with E-state index in [1.54, 1.807) is 11.8 Å². The number of methoxy groups -OCH3 is 1. The molecule has 0 saturated heterocycles. The average molecular weight is 411 g/mol. The first kappa shape index (κ1) is 18.3. The quantitative estimate of drug-likeness (QED) is 0.231. The summed E-state index contributed by atoms with van der Waals surface area (Å²) in [6.07, 6.45) is 1.86. The minimum absolute atomic E-state index is 0.425. The molecule has 146 valence electrons. The number of nitrogens with one attached hydrogen (secondary N) is 1. The maximum absolute atomic E-state index is 5.44. The van der Waals surface area contributed by atoms with Gasteiger partial charge in [0.15, 0.2) is 5.82 Å². The summed E-state index contributed by atoms with van der Waals surface area (Å²) in [4.78, 5) is 0. The average Bonchev–Trinajstić information content (AvgIpc) is 3.17. The third kappa shape index (κ3) is 3.17. The maximum atomic E-state index is 5.44. The normalized spacial score (nSPS) is 11.5. The lowest BCUT2D eigenvalue weighted by molar-refractivity contribution is 0.415. The van der Waals surface area contributed by atoms with Gasteiger partial charge in [-0.3, -0.25) is 0 Å². The summed E-state index contributed by atoms with van der Waals surface area (Å²) in [6, 6.07) is 26.5. The van der Waals surface area contributed by atoms with E-state index in [4.69, 9.17) is 22.1 Å². The molecule has 1 aromatic heterocycles. The summed E-state index contributed by atoms with van der Waals surface area (Å²) >= 11 is 5.44. The Hall–Kier alpha value is -3.77. The molecule has 0 aliphatic carbocycles. The fourth-order valence-corrected chi connectivity index (χ4v) is 3.83. The van der Waals surface area contributed by atoms with Crippen molar-refractivity contribution in [2.24, 2.45) is 5.10 Å². The van der Waals surface area contributed by atoms with Crippen LogP contribution in [0.25, 0.3) is 32.9 Å². The molecule has 0 saturated carbocycles. The van der Waals surface area contributed by atoms with Gasteiger partial charge in [-0.05, 0) is 52.0 Å². The second-order valence-corrected chi connectivity index (χ2v) is 7.26. The van der Waals surface area contributed by atoms with Gasteiger partial charge in [-0.1, -0.05) is 60.7 Å². The van der Waals surface area contributed by atoms with Crippen molar-refractivity contribution in [2.75, 3.05) is 7.11 Å². The Kier molecular flexibility index (Phi) is 4.61. The molecule has 0 amide bonds. The van der Waals surface area contributed by atoms with E-state index in [9.17, 15) is 0 Å². The molecule has 0 fully saturated rings. The highest BCUT2D eigenvalue weighted by molar-refractivity contribution is 7.71. The molecule has 5 rings (SSSR count). The van der Waals surface area contributed by atoms with Crippen molar-refractivity contribution >= 4 is 40.0 Å². The first-order chi connectivity index (χ1) is 14.7. The largest absolute Gasteiger partial charge is 0.497 e. The van der Waals surface area contributed by atoms with Crippen LogP contribution >= 0.6 is 12.2 Å². The fraction of sp³-hybridized carbons (Fsp3) is 0.0417. The van der Waals surface area contributed by atoms with Crippen LogP contribution in [-0.2, 0) is 0 Å². The summed E-state index contributed by atoms with van der Waals surface area (Å²) in [5.41, 5.74) is 1.91. The number of hydrogen-bond donors (Lipinski definition) is 1. The highest BCUT2D eigenvalue weighted by Gasteiger charge is 2.10. The van der Waals surface area contributed by atoms with Gasteiger partial charge in [0.05, 0.1) is 13.3 Å². The predicted octanol–water partition coefficient (Wildman–Crippen LogP) is 5.80. The lowest BCUT2D eigenvalue weighted by Crippen LogP contribution is -1.96. The van der Waals surface area contributed by atoms with E-state index in [1.165, 1.54) is 10.8 Å². The molecule has 4 aromatic carbocycles. The molecule has 0 bridgehead atoms. The molecule has 0 aliphatic heterocycles. The third-order valence-electron chi connectivity index (χ3n) is 5.09. The number of fused-ring (bicyclic) bond motifs is 2. The summed E-state index contributed by atoms with van der Waals surface area (Å²) in [7, 11) is 1.64. The van der Waals surface area contributed by atoms with E-state index < -0.39 is 0 Å². The molecule has 0 radical (unpaired) electrons. The number of H-pyrrole nitrogens is 1. The maximum Gasteiger partial charge on any atom is 0.216 e. The van der Waals surface area contributed by atoms with Crippen molar-refractivity contribution in [3.8, 4) is 17.1 Å². The van der Waals surface area contributed by atoms with Crippen LogP contribution in [-0.4, -0.2) is 28.2 Å². The molecule has 5 nitrogen and oxygen atoms in total. The zero-order valence-electron chi connectivity index (χ0n) is 16.2. The Morgan fingerprint density at radius 2 is 1.63 bits per heavy atom. The van der Waals surface area contributed by atoms with Gasteiger partial charge in [0.2, 0.25) is 4.77 Å². The Balaban J connectivity index is 1.69. The van der Waals surface area contributed by atoms with E-state index in [-0.39, 0.29) is 0 Å². The van der Waals surface area contributed by atoms with Gasteiger partial charge >= 0.3 is 0 Å². The SMILES string of the molecule is COc1cccc(-c2n[nH]c(=S)n2/N=C/c2c3ccccc3cc3ccccc23)c1. The van der Waals surface area contributed by atoms with Gasteiger partial charge in [-0.25, -0.2) is 5.10 Å². The lowest BCUT2D eigenvalue weighted by atomic mass is 9.97. The van der Waals surface area contributed by atoms with E-state index in [1.807, 2.05) is 54.7 Å². The predicted molar refractivity (Wildman–Crippen MR) is 124 cm³/mol. The molecule has 5 aromatic rings. The Morgan fingerprint density at radius 3 is 2.33 bits per heavy atom. The Labute approximate surface area is 178 Å². The van der Waals surface area contributed by atoms with Crippen LogP contribution < -0.4 is 4.74 Å². The topological polar surface area (TPSA) is 55.2 Å². The monoisotopic (exact) mass is 410 g/mol. The second kappa shape index (κ2) is 7.57. The van der Waals surface area contributed by atoms with E-state index in [0.29, 0.717) is 10.6 Å². The second-order valence-electron chi connectivity index (χ2n) is 6.87. The summed E-state index contributed by atoms with van der Waals surface area (Å²) < 4.78 is 7.40. The standard InChI is InChI=1S/C24H18N4OS/c1-29-19-10-6-9-18(14-19)23-26-27-24(30)28(23)25-15-22-20-11-4-2-7-16(20)13-17-8-3-5-12-21(17)22/h2-15H,1H3,(H,27,30)/b25-15+. The molecule has 0 aliphatic rings. The molecule has 30 heavy (non-hydrogen) atoms. The number of benzene rings is 4. The number of aromatic amines is 1. The van der Waals surface area contributed by atoms with Crippen LogP contribution in [0.4, 0.5) is 0 Å². The lowest BCUT2D eigenvalue weighted by Gasteiger charge is -2.08. The van der Waals surface area contributed by atoms with Gasteiger partial charge in [-0.15, -0.1) is 0 Å². The zero-order chi connectivity index (χ0) is 20.5. The highest BCUT2D eigenvalue weighted by atomic mass is 32.1. The number of ether oxygens (including phenoxy) is 1. The van der Waals surface area contributed by atoms with Crippen molar-refractivity contribution in [3.63, 3.8) is 0 Å². The fourth-order valence-electron chi connectivity index (χ4n) is 3.65. The number of hydrogen-bond acceptors (Lipinski definition) is 4. The third-order valence-corrected chi connectivity index (χ3v) is 5.36. The van der Waals surface area contributed by atoms with Crippen LogP contribution in [0.1, 0.15) is 5.56 Å².